The zero-order valence-corrected chi connectivity index (χ0v) is 9.27. The topological polar surface area (TPSA) is 44.5 Å². The van der Waals surface area contributed by atoms with Gasteiger partial charge in [-0.1, -0.05) is 12.1 Å². The van der Waals surface area contributed by atoms with Gasteiger partial charge in [0.25, 0.3) is 0 Å². The highest BCUT2D eigenvalue weighted by Gasteiger charge is 2.05. The Labute approximate surface area is 93.8 Å². The molecule has 4 heteroatoms. The summed E-state index contributed by atoms with van der Waals surface area (Å²) in [7, 11) is 1.61. The van der Waals surface area contributed by atoms with Gasteiger partial charge in [0.05, 0.1) is 7.11 Å². The molecule has 0 saturated carbocycles. The lowest BCUT2D eigenvalue weighted by Gasteiger charge is -2.08. The molecular formula is C12H13NO3. The summed E-state index contributed by atoms with van der Waals surface area (Å²) in [5.74, 6) is 2.05. The molecule has 0 bridgehead atoms. The number of aromatic nitrogens is 1. The van der Waals surface area contributed by atoms with Gasteiger partial charge in [-0.15, -0.1) is 0 Å². The van der Waals surface area contributed by atoms with Crippen molar-refractivity contribution in [3.63, 3.8) is 0 Å². The maximum Gasteiger partial charge on any atom is 0.191 e. The summed E-state index contributed by atoms with van der Waals surface area (Å²) >= 11 is 0. The average molecular weight is 219 g/mol. The second-order valence-corrected chi connectivity index (χ2v) is 3.30. The second kappa shape index (κ2) is 4.70. The van der Waals surface area contributed by atoms with E-state index in [9.17, 15) is 0 Å². The lowest BCUT2D eigenvalue weighted by atomic mass is 10.3. The van der Waals surface area contributed by atoms with Gasteiger partial charge >= 0.3 is 0 Å². The SMILES string of the molecule is COc1ccccc1OCc1coc(C)n1. The number of ether oxygens (including phenoxy) is 2. The maximum absolute atomic E-state index is 5.58. The van der Waals surface area contributed by atoms with E-state index in [0.717, 1.165) is 5.69 Å². The smallest absolute Gasteiger partial charge is 0.191 e. The largest absolute Gasteiger partial charge is 0.493 e. The Morgan fingerprint density at radius 3 is 2.62 bits per heavy atom. The fourth-order valence-corrected chi connectivity index (χ4v) is 1.36. The van der Waals surface area contributed by atoms with Crippen LogP contribution in [0.15, 0.2) is 34.9 Å². The summed E-state index contributed by atoms with van der Waals surface area (Å²) < 4.78 is 15.8. The summed E-state index contributed by atoms with van der Waals surface area (Å²) in [4.78, 5) is 4.15. The Kier molecular flexibility index (Phi) is 3.10. The van der Waals surface area contributed by atoms with Gasteiger partial charge in [-0.2, -0.15) is 0 Å². The van der Waals surface area contributed by atoms with Crippen molar-refractivity contribution < 1.29 is 13.9 Å². The van der Waals surface area contributed by atoms with E-state index in [4.69, 9.17) is 13.9 Å². The zero-order chi connectivity index (χ0) is 11.4. The van der Waals surface area contributed by atoms with Crippen molar-refractivity contribution in [2.45, 2.75) is 13.5 Å². The number of hydrogen-bond donors (Lipinski definition) is 0. The van der Waals surface area contributed by atoms with Crippen LogP contribution in [-0.4, -0.2) is 12.1 Å². The van der Waals surface area contributed by atoms with Gasteiger partial charge < -0.3 is 13.9 Å². The van der Waals surface area contributed by atoms with Crippen LogP contribution in [0.1, 0.15) is 11.6 Å². The Balaban J connectivity index is 2.04. The van der Waals surface area contributed by atoms with Crippen LogP contribution in [0.5, 0.6) is 11.5 Å². The van der Waals surface area contributed by atoms with E-state index in [0.29, 0.717) is 24.0 Å². The summed E-state index contributed by atoms with van der Waals surface area (Å²) in [5, 5.41) is 0. The summed E-state index contributed by atoms with van der Waals surface area (Å²) in [6.07, 6.45) is 1.59. The Morgan fingerprint density at radius 2 is 2.00 bits per heavy atom. The molecule has 0 fully saturated rings. The van der Waals surface area contributed by atoms with E-state index in [1.54, 1.807) is 20.3 Å². The summed E-state index contributed by atoms with van der Waals surface area (Å²) in [6.45, 7) is 2.17. The Bertz CT molecular complexity index is 465. The molecule has 4 nitrogen and oxygen atoms in total. The molecule has 0 atom stereocenters. The van der Waals surface area contributed by atoms with E-state index < -0.39 is 0 Å². The van der Waals surface area contributed by atoms with Gasteiger partial charge in [0, 0.05) is 6.92 Å². The van der Waals surface area contributed by atoms with Crippen molar-refractivity contribution in [1.82, 2.24) is 4.98 Å². The number of nitrogens with zero attached hydrogens (tertiary/aromatic N) is 1. The molecule has 2 rings (SSSR count). The number of benzene rings is 1. The van der Waals surface area contributed by atoms with Crippen molar-refractivity contribution >= 4 is 0 Å². The van der Waals surface area contributed by atoms with Crippen LogP contribution in [0.3, 0.4) is 0 Å². The minimum Gasteiger partial charge on any atom is -0.493 e. The van der Waals surface area contributed by atoms with E-state index in [1.807, 2.05) is 24.3 Å². The van der Waals surface area contributed by atoms with Crippen LogP contribution in [0, 0.1) is 6.92 Å². The van der Waals surface area contributed by atoms with E-state index in [2.05, 4.69) is 4.98 Å². The predicted octanol–water partition coefficient (Wildman–Crippen LogP) is 2.57. The molecule has 0 aliphatic rings. The Hall–Kier alpha value is -1.97. The highest BCUT2D eigenvalue weighted by atomic mass is 16.5. The quantitative estimate of drug-likeness (QED) is 0.792. The van der Waals surface area contributed by atoms with Gasteiger partial charge in [0.2, 0.25) is 0 Å². The van der Waals surface area contributed by atoms with Gasteiger partial charge in [-0.25, -0.2) is 4.98 Å². The molecule has 0 saturated heterocycles. The van der Waals surface area contributed by atoms with Gasteiger partial charge in [0.15, 0.2) is 17.4 Å². The first-order valence-electron chi connectivity index (χ1n) is 4.96. The first kappa shape index (κ1) is 10.5. The van der Waals surface area contributed by atoms with Gasteiger partial charge in [0.1, 0.15) is 18.6 Å². The molecule has 0 N–H and O–H groups in total. The molecule has 16 heavy (non-hydrogen) atoms. The number of aryl methyl sites for hydroxylation is 1. The molecule has 1 heterocycles. The molecule has 2 aromatic rings. The lowest BCUT2D eigenvalue weighted by molar-refractivity contribution is 0.280. The monoisotopic (exact) mass is 219 g/mol. The molecule has 0 spiro atoms. The normalized spacial score (nSPS) is 10.1. The fourth-order valence-electron chi connectivity index (χ4n) is 1.36. The molecule has 0 aliphatic heterocycles. The summed E-state index contributed by atoms with van der Waals surface area (Å²) in [5.41, 5.74) is 0.767. The van der Waals surface area contributed by atoms with Crippen molar-refractivity contribution in [2.24, 2.45) is 0 Å². The molecular weight excluding hydrogens is 206 g/mol. The molecule has 1 aromatic heterocycles. The molecule has 0 radical (unpaired) electrons. The highest BCUT2D eigenvalue weighted by molar-refractivity contribution is 5.39. The van der Waals surface area contributed by atoms with Crippen LogP contribution in [-0.2, 0) is 6.61 Å². The number of methoxy groups -OCH3 is 1. The molecule has 0 amide bonds. The lowest BCUT2D eigenvalue weighted by Crippen LogP contribution is -1.97. The van der Waals surface area contributed by atoms with Crippen LogP contribution >= 0.6 is 0 Å². The molecule has 1 aromatic carbocycles. The zero-order valence-electron chi connectivity index (χ0n) is 9.27. The number of hydrogen-bond acceptors (Lipinski definition) is 4. The highest BCUT2D eigenvalue weighted by Crippen LogP contribution is 2.26. The summed E-state index contributed by atoms with van der Waals surface area (Å²) in [6, 6.07) is 7.49. The van der Waals surface area contributed by atoms with Crippen LogP contribution in [0.4, 0.5) is 0 Å². The van der Waals surface area contributed by atoms with Crippen molar-refractivity contribution in [3.8, 4) is 11.5 Å². The number of para-hydroxylation sites is 2. The molecule has 84 valence electrons. The standard InChI is InChI=1S/C12H13NO3/c1-9-13-10(7-15-9)8-16-12-6-4-3-5-11(12)14-2/h3-7H,8H2,1-2H3. The van der Waals surface area contributed by atoms with E-state index in [1.165, 1.54) is 0 Å². The minimum atomic E-state index is 0.373. The minimum absolute atomic E-state index is 0.373. The second-order valence-electron chi connectivity index (χ2n) is 3.30. The van der Waals surface area contributed by atoms with E-state index >= 15 is 0 Å². The van der Waals surface area contributed by atoms with Crippen molar-refractivity contribution in [2.75, 3.05) is 7.11 Å². The Morgan fingerprint density at radius 1 is 1.25 bits per heavy atom. The maximum atomic E-state index is 5.58. The predicted molar refractivity (Wildman–Crippen MR) is 58.6 cm³/mol. The third-order valence-electron chi connectivity index (χ3n) is 2.11. The average Bonchev–Trinajstić information content (AvgIpc) is 2.73. The number of oxazole rings is 1. The van der Waals surface area contributed by atoms with E-state index in [-0.39, 0.29) is 0 Å². The molecule has 0 unspecified atom stereocenters. The third kappa shape index (κ3) is 2.34. The van der Waals surface area contributed by atoms with Crippen molar-refractivity contribution in [1.29, 1.82) is 0 Å². The van der Waals surface area contributed by atoms with Gasteiger partial charge in [-0.05, 0) is 12.1 Å². The van der Waals surface area contributed by atoms with Crippen LogP contribution in [0.2, 0.25) is 0 Å². The first-order chi connectivity index (χ1) is 7.79. The molecule has 0 aliphatic carbocycles. The van der Waals surface area contributed by atoms with Crippen LogP contribution in [0.25, 0.3) is 0 Å². The van der Waals surface area contributed by atoms with Gasteiger partial charge in [-0.3, -0.25) is 0 Å². The first-order valence-corrected chi connectivity index (χ1v) is 4.96. The third-order valence-corrected chi connectivity index (χ3v) is 2.11. The fraction of sp³-hybridized carbons (Fsp3) is 0.250. The number of rotatable bonds is 4. The van der Waals surface area contributed by atoms with Crippen molar-refractivity contribution in [3.05, 3.63) is 42.1 Å². The van der Waals surface area contributed by atoms with Crippen LogP contribution < -0.4 is 9.47 Å².